The number of hydrogen-bond donors (Lipinski definition) is 1. The maximum Gasteiger partial charge on any atom is 0.338 e. The standard InChI is InChI=1S/C23H20N4O5/c1-26(19-10-23(30)32-20-6-4-3-5-17(19)20)16-7-8-21(31-2)18(9-16)25-22(29)12-27-11-15(13-28)24-14-27/h3-11,13-14H,12H2,1-2H3,(H,25,29). The van der Waals surface area contributed by atoms with Crippen LogP contribution < -0.4 is 20.6 Å². The van der Waals surface area contributed by atoms with Crippen molar-refractivity contribution in [1.29, 1.82) is 0 Å². The predicted molar refractivity (Wildman–Crippen MR) is 120 cm³/mol. The van der Waals surface area contributed by atoms with Crippen LogP contribution in [0.2, 0.25) is 0 Å². The van der Waals surface area contributed by atoms with Gasteiger partial charge in [-0.25, -0.2) is 9.78 Å². The Kier molecular flexibility index (Phi) is 5.71. The van der Waals surface area contributed by atoms with Crippen molar-refractivity contribution in [1.82, 2.24) is 9.55 Å². The molecule has 1 N–H and O–H groups in total. The van der Waals surface area contributed by atoms with Gasteiger partial charge in [-0.15, -0.1) is 0 Å². The number of hydrogen-bond acceptors (Lipinski definition) is 7. The Balaban J connectivity index is 1.64. The molecule has 2 heterocycles. The van der Waals surface area contributed by atoms with E-state index < -0.39 is 5.63 Å². The van der Waals surface area contributed by atoms with E-state index in [-0.39, 0.29) is 18.1 Å². The zero-order valence-electron chi connectivity index (χ0n) is 17.4. The normalized spacial score (nSPS) is 10.7. The van der Waals surface area contributed by atoms with Crippen molar-refractivity contribution >= 4 is 40.2 Å². The van der Waals surface area contributed by atoms with Gasteiger partial charge in [-0.2, -0.15) is 0 Å². The molecule has 1 amide bonds. The lowest BCUT2D eigenvalue weighted by molar-refractivity contribution is -0.116. The molecule has 0 radical (unpaired) electrons. The molecule has 0 atom stereocenters. The molecule has 0 aliphatic heterocycles. The largest absolute Gasteiger partial charge is 0.495 e. The van der Waals surface area contributed by atoms with Crippen LogP contribution in [0.15, 0.2) is 70.3 Å². The van der Waals surface area contributed by atoms with E-state index >= 15 is 0 Å². The van der Waals surface area contributed by atoms with Crippen molar-refractivity contribution in [3.8, 4) is 5.75 Å². The molecule has 0 aliphatic carbocycles. The summed E-state index contributed by atoms with van der Waals surface area (Å²) >= 11 is 0. The summed E-state index contributed by atoms with van der Waals surface area (Å²) in [6.45, 7) is -0.0194. The number of benzene rings is 2. The zero-order chi connectivity index (χ0) is 22.7. The van der Waals surface area contributed by atoms with Gasteiger partial charge < -0.3 is 23.9 Å². The molecule has 162 valence electrons. The number of amides is 1. The molecule has 9 nitrogen and oxygen atoms in total. The van der Waals surface area contributed by atoms with Gasteiger partial charge in [-0.05, 0) is 30.3 Å². The molecule has 2 aromatic carbocycles. The van der Waals surface area contributed by atoms with E-state index in [0.717, 1.165) is 11.1 Å². The molecular weight excluding hydrogens is 412 g/mol. The lowest BCUT2D eigenvalue weighted by Gasteiger charge is -2.22. The molecule has 32 heavy (non-hydrogen) atoms. The van der Waals surface area contributed by atoms with Crippen LogP contribution in [0.1, 0.15) is 10.5 Å². The van der Waals surface area contributed by atoms with Gasteiger partial charge in [0.2, 0.25) is 5.91 Å². The summed E-state index contributed by atoms with van der Waals surface area (Å²) in [5.74, 6) is 0.163. The number of nitrogens with zero attached hydrogens (tertiary/aromatic N) is 3. The van der Waals surface area contributed by atoms with Gasteiger partial charge in [0, 0.05) is 30.4 Å². The first-order chi connectivity index (χ1) is 15.5. The summed E-state index contributed by atoms with van der Waals surface area (Å²) in [7, 11) is 3.33. The summed E-state index contributed by atoms with van der Waals surface area (Å²) in [6.07, 6.45) is 3.52. The number of rotatable bonds is 7. The van der Waals surface area contributed by atoms with E-state index in [9.17, 15) is 14.4 Å². The van der Waals surface area contributed by atoms with Gasteiger partial charge in [-0.3, -0.25) is 9.59 Å². The first-order valence-corrected chi connectivity index (χ1v) is 9.70. The Morgan fingerprint density at radius 1 is 1.25 bits per heavy atom. The molecule has 0 aliphatic rings. The van der Waals surface area contributed by atoms with E-state index in [1.807, 2.05) is 30.1 Å². The first kappa shape index (κ1) is 20.9. The Morgan fingerprint density at radius 3 is 2.81 bits per heavy atom. The fourth-order valence-electron chi connectivity index (χ4n) is 3.39. The number of fused-ring (bicyclic) bond motifs is 1. The second-order valence-corrected chi connectivity index (χ2v) is 7.03. The highest BCUT2D eigenvalue weighted by Gasteiger charge is 2.15. The molecule has 2 aromatic heterocycles. The van der Waals surface area contributed by atoms with Crippen LogP contribution in [-0.4, -0.2) is 35.9 Å². The first-order valence-electron chi connectivity index (χ1n) is 9.70. The third-order valence-electron chi connectivity index (χ3n) is 4.93. The topological polar surface area (TPSA) is 107 Å². The molecule has 9 heteroatoms. The minimum atomic E-state index is -0.456. The van der Waals surface area contributed by atoms with Crippen molar-refractivity contribution in [2.24, 2.45) is 0 Å². The van der Waals surface area contributed by atoms with E-state index in [1.165, 1.54) is 30.3 Å². The lowest BCUT2D eigenvalue weighted by atomic mass is 10.1. The third-order valence-corrected chi connectivity index (χ3v) is 4.93. The summed E-state index contributed by atoms with van der Waals surface area (Å²) < 4.78 is 12.2. The van der Waals surface area contributed by atoms with Crippen LogP contribution in [0.4, 0.5) is 17.1 Å². The number of imidazole rings is 1. The van der Waals surface area contributed by atoms with Crippen LogP contribution in [0, 0.1) is 0 Å². The van der Waals surface area contributed by atoms with Crippen LogP contribution in [0.3, 0.4) is 0 Å². The monoisotopic (exact) mass is 432 g/mol. The number of para-hydroxylation sites is 1. The summed E-state index contributed by atoms with van der Waals surface area (Å²) in [5.41, 5.74) is 2.13. The summed E-state index contributed by atoms with van der Waals surface area (Å²) in [5, 5.41) is 3.60. The van der Waals surface area contributed by atoms with Gasteiger partial charge in [0.25, 0.3) is 0 Å². The van der Waals surface area contributed by atoms with Gasteiger partial charge in [0.15, 0.2) is 6.29 Å². The molecule has 0 saturated carbocycles. The van der Waals surface area contributed by atoms with E-state index in [0.29, 0.717) is 29.0 Å². The van der Waals surface area contributed by atoms with Crippen molar-refractivity contribution in [2.45, 2.75) is 6.54 Å². The number of ether oxygens (including phenoxy) is 1. The van der Waals surface area contributed by atoms with Gasteiger partial charge in [0.05, 0.1) is 24.8 Å². The number of aldehydes is 1. The SMILES string of the molecule is COc1ccc(N(C)c2cc(=O)oc3ccccc23)cc1NC(=O)Cn1cnc(C=O)c1. The highest BCUT2D eigenvalue weighted by molar-refractivity contribution is 5.95. The van der Waals surface area contributed by atoms with E-state index in [1.54, 1.807) is 24.3 Å². The minimum absolute atomic E-state index is 0.0194. The summed E-state index contributed by atoms with van der Waals surface area (Å²) in [6, 6.07) is 14.0. The molecule has 4 rings (SSSR count). The van der Waals surface area contributed by atoms with Crippen LogP contribution in [0.25, 0.3) is 11.0 Å². The maximum atomic E-state index is 12.5. The summed E-state index contributed by atoms with van der Waals surface area (Å²) in [4.78, 5) is 41.1. The van der Waals surface area contributed by atoms with E-state index in [4.69, 9.17) is 9.15 Å². The fraction of sp³-hybridized carbons (Fsp3) is 0.130. The number of carbonyl (C=O) groups is 2. The fourth-order valence-corrected chi connectivity index (χ4v) is 3.39. The predicted octanol–water partition coefficient (Wildman–Crippen LogP) is 3.22. The van der Waals surface area contributed by atoms with Crippen LogP contribution in [0.5, 0.6) is 5.75 Å². The molecular formula is C23H20N4O5. The van der Waals surface area contributed by atoms with Gasteiger partial charge >= 0.3 is 5.63 Å². The second-order valence-electron chi connectivity index (χ2n) is 7.03. The molecule has 4 aromatic rings. The lowest BCUT2D eigenvalue weighted by Crippen LogP contribution is -2.19. The van der Waals surface area contributed by atoms with E-state index in [2.05, 4.69) is 10.3 Å². The molecule has 0 bridgehead atoms. The minimum Gasteiger partial charge on any atom is -0.495 e. The molecule has 0 unspecified atom stereocenters. The average molecular weight is 432 g/mol. The quantitative estimate of drug-likeness (QED) is 0.353. The Labute approximate surface area is 182 Å². The Bertz CT molecular complexity index is 1360. The molecule has 0 spiro atoms. The van der Waals surface area contributed by atoms with Crippen molar-refractivity contribution < 1.29 is 18.7 Å². The third kappa shape index (κ3) is 4.22. The number of methoxy groups -OCH3 is 1. The highest BCUT2D eigenvalue weighted by Crippen LogP contribution is 2.34. The Hall–Kier alpha value is -4.40. The number of aromatic nitrogens is 2. The smallest absolute Gasteiger partial charge is 0.338 e. The number of anilines is 3. The average Bonchev–Trinajstić information content (AvgIpc) is 3.25. The Morgan fingerprint density at radius 2 is 2.06 bits per heavy atom. The van der Waals surface area contributed by atoms with Crippen LogP contribution in [-0.2, 0) is 11.3 Å². The number of carbonyl (C=O) groups excluding carboxylic acids is 2. The van der Waals surface area contributed by atoms with Crippen LogP contribution >= 0.6 is 0 Å². The molecule has 0 fully saturated rings. The van der Waals surface area contributed by atoms with Crippen molar-refractivity contribution in [3.63, 3.8) is 0 Å². The second kappa shape index (κ2) is 8.76. The van der Waals surface area contributed by atoms with Crippen molar-refractivity contribution in [2.75, 3.05) is 24.4 Å². The van der Waals surface area contributed by atoms with Crippen molar-refractivity contribution in [3.05, 3.63) is 77.2 Å². The maximum absolute atomic E-state index is 12.5. The zero-order valence-corrected chi connectivity index (χ0v) is 17.4. The molecule has 0 saturated heterocycles. The van der Waals surface area contributed by atoms with Gasteiger partial charge in [-0.1, -0.05) is 12.1 Å². The number of nitrogens with one attached hydrogen (secondary N) is 1. The highest BCUT2D eigenvalue weighted by atomic mass is 16.5. The van der Waals surface area contributed by atoms with Gasteiger partial charge in [0.1, 0.15) is 23.6 Å².